The van der Waals surface area contributed by atoms with Gasteiger partial charge in [-0.1, -0.05) is 12.1 Å². The number of ether oxygens (including phenoxy) is 1. The molecule has 2 aromatic heterocycles. The summed E-state index contributed by atoms with van der Waals surface area (Å²) in [5.41, 5.74) is 9.59. The maximum absolute atomic E-state index is 6.04. The molecule has 28 heavy (non-hydrogen) atoms. The molecule has 142 valence electrons. The Hall–Kier alpha value is -2.77. The zero-order valence-electron chi connectivity index (χ0n) is 15.8. The van der Waals surface area contributed by atoms with Crippen molar-refractivity contribution >= 4 is 44.0 Å². The monoisotopic (exact) mass is 391 g/mol. The van der Waals surface area contributed by atoms with Crippen LogP contribution in [-0.2, 0) is 4.74 Å². The molecular weight excluding hydrogens is 370 g/mol. The predicted octanol–water partition coefficient (Wildman–Crippen LogP) is 4.02. The molecule has 0 radical (unpaired) electrons. The molecule has 1 fully saturated rings. The van der Waals surface area contributed by atoms with Crippen molar-refractivity contribution in [2.75, 3.05) is 30.4 Å². The molecular formula is C21H21N5OS. The summed E-state index contributed by atoms with van der Waals surface area (Å²) in [7, 11) is 0. The molecule has 3 heterocycles. The van der Waals surface area contributed by atoms with Gasteiger partial charge in [0, 0.05) is 28.3 Å². The Morgan fingerprint density at radius 1 is 1.21 bits per heavy atom. The van der Waals surface area contributed by atoms with Crippen LogP contribution in [0.25, 0.3) is 32.0 Å². The van der Waals surface area contributed by atoms with Crippen LogP contribution < -0.4 is 10.6 Å². The van der Waals surface area contributed by atoms with Crippen LogP contribution in [0.4, 0.5) is 11.6 Å². The van der Waals surface area contributed by atoms with Crippen LogP contribution in [-0.4, -0.2) is 40.4 Å². The largest absolute Gasteiger partial charge is 0.382 e. The molecule has 0 unspecified atom stereocenters. The average molecular weight is 392 g/mol. The Kier molecular flexibility index (Phi) is 4.14. The van der Waals surface area contributed by atoms with E-state index in [1.165, 1.54) is 22.7 Å². The SMILES string of the molecule is Cc1ccc2c(N)nsc2c1-c1ccc2c(N3CCOC[C@@H]3C)nncc2c1. The topological polar surface area (TPSA) is 77.2 Å². The first-order valence-corrected chi connectivity index (χ1v) is 10.2. The summed E-state index contributed by atoms with van der Waals surface area (Å²) in [6.07, 6.45) is 1.84. The number of morpholine rings is 1. The van der Waals surface area contributed by atoms with E-state index < -0.39 is 0 Å². The van der Waals surface area contributed by atoms with E-state index in [2.05, 4.69) is 63.7 Å². The molecule has 0 aliphatic carbocycles. The van der Waals surface area contributed by atoms with E-state index in [1.54, 1.807) is 0 Å². The molecule has 7 heteroatoms. The minimum absolute atomic E-state index is 0.282. The lowest BCUT2D eigenvalue weighted by Crippen LogP contribution is -2.44. The highest BCUT2D eigenvalue weighted by Gasteiger charge is 2.22. The Labute approximate surface area is 167 Å². The molecule has 2 aromatic carbocycles. The van der Waals surface area contributed by atoms with Crippen LogP contribution in [0.15, 0.2) is 36.5 Å². The Bertz CT molecular complexity index is 1190. The van der Waals surface area contributed by atoms with Crippen molar-refractivity contribution in [2.45, 2.75) is 19.9 Å². The highest BCUT2D eigenvalue weighted by Crippen LogP contribution is 2.38. The fourth-order valence-electron chi connectivity index (χ4n) is 3.96. The smallest absolute Gasteiger partial charge is 0.159 e. The van der Waals surface area contributed by atoms with Gasteiger partial charge in [-0.05, 0) is 54.7 Å². The van der Waals surface area contributed by atoms with E-state index in [9.17, 15) is 0 Å². The Morgan fingerprint density at radius 3 is 2.93 bits per heavy atom. The third-order valence-electron chi connectivity index (χ3n) is 5.45. The van der Waals surface area contributed by atoms with Gasteiger partial charge in [0.2, 0.25) is 0 Å². The van der Waals surface area contributed by atoms with Crippen LogP contribution in [0.2, 0.25) is 0 Å². The van der Waals surface area contributed by atoms with E-state index in [-0.39, 0.29) is 6.04 Å². The molecule has 4 aromatic rings. The van der Waals surface area contributed by atoms with Gasteiger partial charge in [0.15, 0.2) is 5.82 Å². The van der Waals surface area contributed by atoms with Gasteiger partial charge in [-0.3, -0.25) is 0 Å². The van der Waals surface area contributed by atoms with E-state index in [1.807, 2.05) is 6.20 Å². The van der Waals surface area contributed by atoms with Crippen molar-refractivity contribution in [3.05, 3.63) is 42.1 Å². The van der Waals surface area contributed by atoms with Gasteiger partial charge in [0.25, 0.3) is 0 Å². The molecule has 0 saturated carbocycles. The molecule has 6 nitrogen and oxygen atoms in total. The number of anilines is 2. The van der Waals surface area contributed by atoms with Gasteiger partial charge in [0.1, 0.15) is 5.82 Å². The second kappa shape index (κ2) is 6.68. The number of benzene rings is 2. The third kappa shape index (κ3) is 2.70. The van der Waals surface area contributed by atoms with Crippen molar-refractivity contribution in [3.8, 4) is 11.1 Å². The Morgan fingerprint density at radius 2 is 2.07 bits per heavy atom. The fraction of sp³-hybridized carbons (Fsp3) is 0.286. The molecule has 2 N–H and O–H groups in total. The molecule has 5 rings (SSSR count). The standard InChI is InChI=1S/C21H21N5OS/c1-12-3-5-17-19(28-25-20(17)22)18(12)14-4-6-16-15(9-14)10-23-24-21(16)26-7-8-27-11-13(26)2/h3-6,9-10,13H,7-8,11H2,1-2H3,(H2,22,25)/t13-/m0/s1. The molecule has 1 aliphatic heterocycles. The summed E-state index contributed by atoms with van der Waals surface area (Å²) >= 11 is 1.46. The predicted molar refractivity (Wildman–Crippen MR) is 115 cm³/mol. The second-order valence-corrected chi connectivity index (χ2v) is 8.06. The lowest BCUT2D eigenvalue weighted by atomic mass is 9.97. The number of fused-ring (bicyclic) bond motifs is 2. The number of rotatable bonds is 2. The molecule has 0 bridgehead atoms. The molecule has 0 spiro atoms. The van der Waals surface area contributed by atoms with Crippen LogP contribution >= 0.6 is 11.5 Å². The zero-order valence-corrected chi connectivity index (χ0v) is 16.7. The lowest BCUT2D eigenvalue weighted by Gasteiger charge is -2.34. The van der Waals surface area contributed by atoms with Gasteiger partial charge in [0.05, 0.1) is 30.2 Å². The number of hydrogen-bond donors (Lipinski definition) is 1. The Balaban J connectivity index is 1.67. The summed E-state index contributed by atoms with van der Waals surface area (Å²) in [4.78, 5) is 2.29. The number of aryl methyl sites for hydroxylation is 1. The van der Waals surface area contributed by atoms with Crippen LogP contribution in [0, 0.1) is 6.92 Å². The number of nitrogens with two attached hydrogens (primary N) is 1. The maximum Gasteiger partial charge on any atom is 0.159 e. The third-order valence-corrected chi connectivity index (χ3v) is 6.34. The minimum Gasteiger partial charge on any atom is -0.382 e. The van der Waals surface area contributed by atoms with Crippen LogP contribution in [0.3, 0.4) is 0 Å². The van der Waals surface area contributed by atoms with Crippen molar-refractivity contribution in [1.29, 1.82) is 0 Å². The highest BCUT2D eigenvalue weighted by atomic mass is 32.1. The van der Waals surface area contributed by atoms with E-state index in [0.29, 0.717) is 19.0 Å². The highest BCUT2D eigenvalue weighted by molar-refractivity contribution is 7.14. The summed E-state index contributed by atoms with van der Waals surface area (Å²) in [5, 5.41) is 11.9. The van der Waals surface area contributed by atoms with Crippen LogP contribution in [0.5, 0.6) is 0 Å². The van der Waals surface area contributed by atoms with Crippen molar-refractivity contribution < 1.29 is 4.74 Å². The summed E-state index contributed by atoms with van der Waals surface area (Å²) in [5.74, 6) is 1.52. The minimum atomic E-state index is 0.282. The number of nitrogen functional groups attached to an aromatic ring is 1. The number of hydrogen-bond acceptors (Lipinski definition) is 7. The van der Waals surface area contributed by atoms with Gasteiger partial charge >= 0.3 is 0 Å². The van der Waals surface area contributed by atoms with E-state index in [0.717, 1.165) is 38.8 Å². The molecule has 1 aliphatic rings. The van der Waals surface area contributed by atoms with Crippen LogP contribution in [0.1, 0.15) is 12.5 Å². The van der Waals surface area contributed by atoms with Crippen molar-refractivity contribution in [2.24, 2.45) is 0 Å². The van der Waals surface area contributed by atoms with E-state index in [4.69, 9.17) is 10.5 Å². The fourth-order valence-corrected chi connectivity index (χ4v) is 4.89. The van der Waals surface area contributed by atoms with Crippen molar-refractivity contribution in [1.82, 2.24) is 14.6 Å². The quantitative estimate of drug-likeness (QED) is 0.556. The van der Waals surface area contributed by atoms with Gasteiger partial charge in [-0.15, -0.1) is 5.10 Å². The van der Waals surface area contributed by atoms with Gasteiger partial charge in [-0.2, -0.15) is 9.47 Å². The zero-order chi connectivity index (χ0) is 19.3. The summed E-state index contributed by atoms with van der Waals surface area (Å²) in [6, 6.07) is 11.0. The molecule has 1 saturated heterocycles. The first-order valence-electron chi connectivity index (χ1n) is 9.38. The second-order valence-electron chi connectivity index (χ2n) is 7.29. The summed E-state index contributed by atoms with van der Waals surface area (Å²) < 4.78 is 11.0. The molecule has 1 atom stereocenters. The first kappa shape index (κ1) is 17.3. The van der Waals surface area contributed by atoms with E-state index >= 15 is 0 Å². The normalized spacial score (nSPS) is 17.5. The lowest BCUT2D eigenvalue weighted by molar-refractivity contribution is 0.0986. The first-order chi connectivity index (χ1) is 13.6. The number of aromatic nitrogens is 3. The number of nitrogens with zero attached hydrogens (tertiary/aromatic N) is 4. The molecule has 0 amide bonds. The maximum atomic E-state index is 6.04. The van der Waals surface area contributed by atoms with Gasteiger partial charge < -0.3 is 15.4 Å². The van der Waals surface area contributed by atoms with Gasteiger partial charge in [-0.25, -0.2) is 0 Å². The summed E-state index contributed by atoms with van der Waals surface area (Å²) in [6.45, 7) is 6.54. The average Bonchev–Trinajstić information content (AvgIpc) is 3.08. The van der Waals surface area contributed by atoms with Crippen molar-refractivity contribution in [3.63, 3.8) is 0 Å².